The van der Waals surface area contributed by atoms with E-state index < -0.39 is 11.7 Å². The predicted octanol–water partition coefficient (Wildman–Crippen LogP) is -0.275. The fourth-order valence-electron chi connectivity index (χ4n) is 3.15. The lowest BCUT2D eigenvalue weighted by Crippen LogP contribution is -3.00. The summed E-state index contributed by atoms with van der Waals surface area (Å²) >= 11 is 0. The SMILES string of the molecule is CCn1c(CN)[n+](CC)c2ccc(OCCCNC(=O)OC(C)(C)C)cc21.[I-]. The second-order valence-electron chi connectivity index (χ2n) is 7.39. The molecule has 0 fully saturated rings. The molecule has 2 aromatic rings. The van der Waals surface area contributed by atoms with Crippen molar-refractivity contribution in [3.05, 3.63) is 24.0 Å². The molecule has 0 aliphatic heterocycles. The van der Waals surface area contributed by atoms with E-state index in [-0.39, 0.29) is 24.0 Å². The Labute approximate surface area is 184 Å². The number of rotatable bonds is 8. The van der Waals surface area contributed by atoms with Gasteiger partial charge in [-0.05, 0) is 53.2 Å². The fourth-order valence-corrected chi connectivity index (χ4v) is 3.15. The summed E-state index contributed by atoms with van der Waals surface area (Å²) in [5.41, 5.74) is 7.77. The van der Waals surface area contributed by atoms with Crippen LogP contribution in [-0.2, 0) is 24.4 Å². The van der Waals surface area contributed by atoms with Crippen molar-refractivity contribution in [2.24, 2.45) is 5.73 Å². The largest absolute Gasteiger partial charge is 1.00 e. The van der Waals surface area contributed by atoms with E-state index in [1.165, 1.54) is 5.52 Å². The number of carbonyl (C=O) groups is 1. The topological polar surface area (TPSA) is 82.4 Å². The number of aromatic nitrogens is 2. The second-order valence-corrected chi connectivity index (χ2v) is 7.39. The smallest absolute Gasteiger partial charge is 0.407 e. The van der Waals surface area contributed by atoms with Crippen LogP contribution in [0.15, 0.2) is 18.2 Å². The second kappa shape index (κ2) is 10.8. The summed E-state index contributed by atoms with van der Waals surface area (Å²) in [5.74, 6) is 1.94. The van der Waals surface area contributed by atoms with Gasteiger partial charge in [-0.3, -0.25) is 0 Å². The summed E-state index contributed by atoms with van der Waals surface area (Å²) in [7, 11) is 0. The number of carbonyl (C=O) groups excluding carboxylic acids is 1. The minimum atomic E-state index is -0.484. The number of nitrogens with one attached hydrogen (secondary N) is 1. The molecule has 1 aromatic heterocycles. The molecule has 0 aliphatic carbocycles. The van der Waals surface area contributed by atoms with Crippen molar-refractivity contribution in [2.75, 3.05) is 13.2 Å². The maximum Gasteiger partial charge on any atom is 0.407 e. The Morgan fingerprint density at radius 2 is 2.00 bits per heavy atom. The van der Waals surface area contributed by atoms with Crippen molar-refractivity contribution in [3.8, 4) is 5.75 Å². The van der Waals surface area contributed by atoms with Gasteiger partial charge in [-0.25, -0.2) is 13.9 Å². The Morgan fingerprint density at radius 3 is 2.57 bits per heavy atom. The van der Waals surface area contributed by atoms with Crippen LogP contribution in [0.1, 0.15) is 46.9 Å². The van der Waals surface area contributed by atoms with Crippen LogP contribution in [0.3, 0.4) is 0 Å². The number of imidazole rings is 1. The van der Waals surface area contributed by atoms with Gasteiger partial charge in [-0.15, -0.1) is 0 Å². The molecule has 8 heteroatoms. The molecule has 158 valence electrons. The standard InChI is InChI=1S/C20H32N4O3.HI/c1-6-23-16-10-9-15(13-17(16)24(7-2)18(23)14-21)26-12-8-11-22-19(25)27-20(3,4)5;/h9-10,13H,6-8,11-12,14,21H2,1-5H3;1H. The number of amides is 1. The highest BCUT2D eigenvalue weighted by atomic mass is 127. The van der Waals surface area contributed by atoms with Gasteiger partial charge in [0.1, 0.15) is 11.4 Å². The molecule has 0 unspecified atom stereocenters. The first kappa shape index (κ1) is 24.5. The van der Waals surface area contributed by atoms with Crippen molar-refractivity contribution in [1.29, 1.82) is 0 Å². The molecule has 2 rings (SSSR count). The van der Waals surface area contributed by atoms with Gasteiger partial charge in [0.2, 0.25) is 0 Å². The third kappa shape index (κ3) is 6.23. The number of alkyl carbamates (subject to hydrolysis) is 1. The van der Waals surface area contributed by atoms with Gasteiger partial charge in [0.25, 0.3) is 5.82 Å². The number of nitrogens with two attached hydrogens (primary N) is 1. The number of benzene rings is 1. The monoisotopic (exact) mass is 504 g/mol. The van der Waals surface area contributed by atoms with Crippen molar-refractivity contribution in [2.45, 2.75) is 66.3 Å². The molecule has 0 aliphatic rings. The van der Waals surface area contributed by atoms with Gasteiger partial charge in [0.05, 0.1) is 26.2 Å². The van der Waals surface area contributed by atoms with Gasteiger partial charge < -0.3 is 44.5 Å². The maximum absolute atomic E-state index is 11.6. The van der Waals surface area contributed by atoms with E-state index in [9.17, 15) is 4.79 Å². The first-order valence-corrected chi connectivity index (χ1v) is 9.65. The van der Waals surface area contributed by atoms with Crippen LogP contribution in [0.4, 0.5) is 4.79 Å². The maximum atomic E-state index is 11.6. The zero-order valence-electron chi connectivity index (χ0n) is 17.5. The van der Waals surface area contributed by atoms with E-state index in [0.717, 1.165) is 30.2 Å². The van der Waals surface area contributed by atoms with E-state index >= 15 is 0 Å². The Bertz CT molecular complexity index is 784. The lowest BCUT2D eigenvalue weighted by Gasteiger charge is -2.19. The lowest BCUT2D eigenvalue weighted by molar-refractivity contribution is -0.676. The number of hydrogen-bond acceptors (Lipinski definition) is 4. The quantitative estimate of drug-likeness (QED) is 0.295. The summed E-state index contributed by atoms with van der Waals surface area (Å²) in [6.07, 6.45) is 0.304. The zero-order chi connectivity index (χ0) is 20.0. The van der Waals surface area contributed by atoms with Gasteiger partial charge in [-0.2, -0.15) is 0 Å². The van der Waals surface area contributed by atoms with Crippen molar-refractivity contribution in [3.63, 3.8) is 0 Å². The number of hydrogen-bond donors (Lipinski definition) is 2. The van der Waals surface area contributed by atoms with E-state index in [1.54, 1.807) is 0 Å². The zero-order valence-corrected chi connectivity index (χ0v) is 19.7. The van der Waals surface area contributed by atoms with Gasteiger partial charge in [0, 0.05) is 12.6 Å². The first-order chi connectivity index (χ1) is 12.8. The van der Waals surface area contributed by atoms with Gasteiger partial charge >= 0.3 is 6.09 Å². The van der Waals surface area contributed by atoms with Gasteiger partial charge in [0.15, 0.2) is 11.0 Å². The number of aryl methyl sites for hydroxylation is 2. The highest BCUT2D eigenvalue weighted by Crippen LogP contribution is 2.21. The number of halogens is 1. The molecule has 7 nitrogen and oxygen atoms in total. The number of fused-ring (bicyclic) bond motifs is 1. The van der Waals surface area contributed by atoms with Crippen molar-refractivity contribution >= 4 is 17.1 Å². The summed E-state index contributed by atoms with van der Waals surface area (Å²) in [6.45, 7) is 13.0. The molecule has 0 saturated carbocycles. The minimum absolute atomic E-state index is 0. The van der Waals surface area contributed by atoms with E-state index in [1.807, 2.05) is 26.8 Å². The van der Waals surface area contributed by atoms with Crippen LogP contribution in [0.5, 0.6) is 5.75 Å². The fraction of sp³-hybridized carbons (Fsp3) is 0.600. The molecule has 1 heterocycles. The molecule has 0 atom stereocenters. The normalized spacial score (nSPS) is 11.2. The Balaban J connectivity index is 0.00000392. The lowest BCUT2D eigenvalue weighted by atomic mass is 10.2. The Morgan fingerprint density at radius 1 is 1.29 bits per heavy atom. The molecule has 3 N–H and O–H groups in total. The van der Waals surface area contributed by atoms with Crippen molar-refractivity contribution in [1.82, 2.24) is 9.88 Å². The molecular formula is C20H33IN4O3. The molecule has 0 spiro atoms. The molecule has 0 bridgehead atoms. The summed E-state index contributed by atoms with van der Waals surface area (Å²) in [6, 6.07) is 6.12. The number of ether oxygens (including phenoxy) is 2. The Kier molecular flexibility index (Phi) is 9.49. The molecule has 0 radical (unpaired) electrons. The summed E-state index contributed by atoms with van der Waals surface area (Å²) in [5, 5.41) is 2.74. The Hall–Kier alpha value is -1.55. The highest BCUT2D eigenvalue weighted by molar-refractivity contribution is 5.74. The van der Waals surface area contributed by atoms with Crippen LogP contribution in [0.25, 0.3) is 11.0 Å². The third-order valence-corrected chi connectivity index (χ3v) is 4.22. The van der Waals surface area contributed by atoms with Crippen LogP contribution >= 0.6 is 0 Å². The molecule has 1 amide bonds. The molecule has 28 heavy (non-hydrogen) atoms. The highest BCUT2D eigenvalue weighted by Gasteiger charge is 2.22. The van der Waals surface area contributed by atoms with Crippen LogP contribution in [0.2, 0.25) is 0 Å². The first-order valence-electron chi connectivity index (χ1n) is 9.65. The van der Waals surface area contributed by atoms with Crippen molar-refractivity contribution < 1.29 is 42.8 Å². The third-order valence-electron chi connectivity index (χ3n) is 4.22. The van der Waals surface area contributed by atoms with Crippen LogP contribution in [0, 0.1) is 0 Å². The average Bonchev–Trinajstić information content (AvgIpc) is 2.91. The molecule has 1 aromatic carbocycles. The van der Waals surface area contributed by atoms with Gasteiger partial charge in [-0.1, -0.05) is 0 Å². The minimum Gasteiger partial charge on any atom is -1.00 e. The van der Waals surface area contributed by atoms with E-state index in [0.29, 0.717) is 26.1 Å². The van der Waals surface area contributed by atoms with E-state index in [2.05, 4.69) is 40.4 Å². The van der Waals surface area contributed by atoms with Crippen LogP contribution < -0.4 is 44.3 Å². The predicted molar refractivity (Wildman–Crippen MR) is 106 cm³/mol. The molecule has 0 saturated heterocycles. The summed E-state index contributed by atoms with van der Waals surface area (Å²) in [4.78, 5) is 11.6. The average molecular weight is 504 g/mol. The molecular weight excluding hydrogens is 471 g/mol. The van der Waals surface area contributed by atoms with Crippen LogP contribution in [-0.4, -0.2) is 29.4 Å². The summed E-state index contributed by atoms with van der Waals surface area (Å²) < 4.78 is 15.5. The van der Waals surface area contributed by atoms with E-state index in [4.69, 9.17) is 15.2 Å². The number of nitrogens with zero attached hydrogens (tertiary/aromatic N) is 2.